The number of azo groups is 1. The molecule has 8 nitrogen and oxygen atoms in total. The largest absolute Gasteiger partial charge is 0.381 e. The van der Waals surface area contributed by atoms with Gasteiger partial charge in [-0.25, -0.2) is 4.39 Å². The van der Waals surface area contributed by atoms with Crippen molar-refractivity contribution in [3.63, 3.8) is 0 Å². The van der Waals surface area contributed by atoms with E-state index >= 15 is 0 Å². The molecular weight excluding hydrogens is 461 g/mol. The van der Waals surface area contributed by atoms with Gasteiger partial charge in [0.2, 0.25) is 0 Å². The number of hydrogen-bond acceptors (Lipinski definition) is 5. The first-order valence-electron chi connectivity index (χ1n) is 11.8. The van der Waals surface area contributed by atoms with E-state index < -0.39 is 17.6 Å². The minimum Gasteiger partial charge on any atom is -0.381 e. The van der Waals surface area contributed by atoms with Gasteiger partial charge in [0.05, 0.1) is 23.7 Å². The second kappa shape index (κ2) is 9.09. The van der Waals surface area contributed by atoms with Gasteiger partial charge in [-0.2, -0.15) is 5.10 Å². The van der Waals surface area contributed by atoms with Crippen LogP contribution in [0.4, 0.5) is 10.1 Å². The maximum absolute atomic E-state index is 14.0. The molecule has 2 amide bonds. The van der Waals surface area contributed by atoms with E-state index in [1.807, 2.05) is 30.4 Å². The summed E-state index contributed by atoms with van der Waals surface area (Å²) in [4.78, 5) is 25.2. The van der Waals surface area contributed by atoms with Crippen LogP contribution in [0.15, 0.2) is 82.6 Å². The molecule has 1 saturated heterocycles. The van der Waals surface area contributed by atoms with Crippen LogP contribution < -0.4 is 5.32 Å². The van der Waals surface area contributed by atoms with Crippen LogP contribution in [0.3, 0.4) is 0 Å². The predicted octanol–water partition coefficient (Wildman–Crippen LogP) is 4.91. The molecule has 1 aliphatic carbocycles. The van der Waals surface area contributed by atoms with Gasteiger partial charge in [-0.1, -0.05) is 36.4 Å². The molecule has 1 aromatic heterocycles. The molecule has 0 saturated carbocycles. The Kier molecular flexibility index (Phi) is 5.61. The summed E-state index contributed by atoms with van der Waals surface area (Å²) in [5.74, 6) is -1.27. The summed E-state index contributed by atoms with van der Waals surface area (Å²) in [7, 11) is 0. The fraction of sp³-hybridized carbons (Fsp3) is 0.222. The van der Waals surface area contributed by atoms with Crippen molar-refractivity contribution in [2.24, 2.45) is 22.1 Å². The Hall–Kier alpha value is -4.24. The van der Waals surface area contributed by atoms with E-state index in [9.17, 15) is 14.0 Å². The number of aromatic nitrogens is 2. The average molecular weight is 484 g/mol. The van der Waals surface area contributed by atoms with Crippen molar-refractivity contribution in [3.05, 3.63) is 89.4 Å². The van der Waals surface area contributed by atoms with Gasteiger partial charge in [-0.15, -0.1) is 10.2 Å². The number of ether oxygens (including phenoxy) is 1. The zero-order chi connectivity index (χ0) is 24.6. The van der Waals surface area contributed by atoms with E-state index in [1.165, 1.54) is 12.1 Å². The monoisotopic (exact) mass is 483 g/mol. The Bertz CT molecular complexity index is 1490. The Morgan fingerprint density at radius 1 is 1.14 bits per heavy atom. The van der Waals surface area contributed by atoms with Crippen LogP contribution >= 0.6 is 0 Å². The number of benzene rings is 2. The lowest BCUT2D eigenvalue weighted by atomic mass is 9.89. The van der Waals surface area contributed by atoms with Crippen LogP contribution in [0.2, 0.25) is 0 Å². The third-order valence-electron chi connectivity index (χ3n) is 6.61. The van der Waals surface area contributed by atoms with Crippen LogP contribution in [-0.2, 0) is 16.1 Å². The van der Waals surface area contributed by atoms with Gasteiger partial charge >= 0.3 is 0 Å². The quantitative estimate of drug-likeness (QED) is 0.558. The lowest BCUT2D eigenvalue weighted by Crippen LogP contribution is -2.17. The van der Waals surface area contributed by atoms with Gasteiger partial charge in [-0.05, 0) is 42.3 Å². The van der Waals surface area contributed by atoms with E-state index in [2.05, 4.69) is 20.6 Å². The van der Waals surface area contributed by atoms with E-state index in [-0.39, 0.29) is 11.6 Å². The highest BCUT2D eigenvalue weighted by atomic mass is 19.1. The molecule has 9 heteroatoms. The molecule has 1 fully saturated rings. The summed E-state index contributed by atoms with van der Waals surface area (Å²) in [5, 5.41) is 15.8. The van der Waals surface area contributed by atoms with E-state index in [4.69, 9.17) is 4.74 Å². The fourth-order valence-corrected chi connectivity index (χ4v) is 4.76. The van der Waals surface area contributed by atoms with Crippen LogP contribution in [0.1, 0.15) is 22.5 Å². The maximum Gasteiger partial charge on any atom is 0.276 e. The normalized spacial score (nSPS) is 20.9. The van der Waals surface area contributed by atoms with E-state index in [0.717, 1.165) is 17.6 Å². The third-order valence-corrected chi connectivity index (χ3v) is 6.61. The number of carbonyl (C=O) groups excluding carboxylic acids is 2. The molecule has 2 aliphatic heterocycles. The van der Waals surface area contributed by atoms with Gasteiger partial charge in [0, 0.05) is 35.7 Å². The lowest BCUT2D eigenvalue weighted by molar-refractivity contribution is -0.119. The number of anilines is 1. The Morgan fingerprint density at radius 2 is 2.00 bits per heavy atom. The highest BCUT2D eigenvalue weighted by molar-refractivity contribution is 6.11. The van der Waals surface area contributed by atoms with Crippen LogP contribution in [0.5, 0.6) is 0 Å². The molecular formula is C27H22FN5O3. The zero-order valence-electron chi connectivity index (χ0n) is 19.2. The summed E-state index contributed by atoms with van der Waals surface area (Å²) in [5.41, 5.74) is 3.62. The van der Waals surface area contributed by atoms with Gasteiger partial charge in [0.1, 0.15) is 5.82 Å². The van der Waals surface area contributed by atoms with Crippen LogP contribution in [0.25, 0.3) is 16.6 Å². The molecule has 3 aliphatic rings. The van der Waals surface area contributed by atoms with Crippen LogP contribution in [-0.4, -0.2) is 34.8 Å². The van der Waals surface area contributed by atoms with Crippen LogP contribution in [0, 0.1) is 17.7 Å². The second-order valence-corrected chi connectivity index (χ2v) is 9.02. The van der Waals surface area contributed by atoms with Crippen molar-refractivity contribution in [1.29, 1.82) is 0 Å². The number of carbonyl (C=O) groups is 2. The standard InChI is InChI=1S/C27H22FN5O3/c28-18-7-10-23-22(13-18)25(32-33(23)14-16-11-12-36-15-16)27(35)29-19-8-5-17(6-9-19)24-20-3-1-2-4-21(20)26(34)31-30-24/h1-10,13,16,21H,11-12,14-15H2,(H,29,35). The smallest absolute Gasteiger partial charge is 0.276 e. The molecule has 0 radical (unpaired) electrons. The van der Waals surface area contributed by atoms with E-state index in [0.29, 0.717) is 48.0 Å². The second-order valence-electron chi connectivity index (χ2n) is 9.02. The fourth-order valence-electron chi connectivity index (χ4n) is 4.76. The molecule has 0 spiro atoms. The molecule has 2 atom stereocenters. The summed E-state index contributed by atoms with van der Waals surface area (Å²) < 4.78 is 21.3. The molecule has 0 bridgehead atoms. The summed E-state index contributed by atoms with van der Waals surface area (Å²) in [6.07, 6.45) is 8.28. The molecule has 2 aromatic carbocycles. The summed E-state index contributed by atoms with van der Waals surface area (Å²) >= 11 is 0. The number of nitrogens with one attached hydrogen (secondary N) is 1. The van der Waals surface area contributed by atoms with Gasteiger partial charge in [-0.3, -0.25) is 14.3 Å². The van der Waals surface area contributed by atoms with Gasteiger partial charge < -0.3 is 10.1 Å². The van der Waals surface area contributed by atoms with Crippen molar-refractivity contribution >= 4 is 34.1 Å². The number of fused-ring (bicyclic) bond motifs is 2. The Morgan fingerprint density at radius 3 is 2.81 bits per heavy atom. The third kappa shape index (κ3) is 4.07. The van der Waals surface area contributed by atoms with Crippen molar-refractivity contribution in [1.82, 2.24) is 9.78 Å². The van der Waals surface area contributed by atoms with Crippen molar-refractivity contribution in [2.75, 3.05) is 18.5 Å². The lowest BCUT2D eigenvalue weighted by Gasteiger charge is -2.19. The molecule has 3 heterocycles. The number of allylic oxidation sites excluding steroid dienone is 3. The minimum atomic E-state index is -0.429. The first-order valence-corrected chi connectivity index (χ1v) is 11.8. The van der Waals surface area contributed by atoms with Gasteiger partial charge in [0.25, 0.3) is 11.8 Å². The molecule has 36 heavy (non-hydrogen) atoms. The molecule has 1 N–H and O–H groups in total. The molecule has 2 unspecified atom stereocenters. The number of nitrogens with zero attached hydrogens (tertiary/aromatic N) is 4. The molecule has 3 aromatic rings. The highest BCUT2D eigenvalue weighted by Gasteiger charge is 2.28. The SMILES string of the molecule is O=C(Nc1ccc(C2=C3C=CC=CC3C(=O)N=N2)cc1)c1nn(CC2CCOC2)c2ccc(F)cc12. The Balaban J connectivity index is 1.26. The topological polar surface area (TPSA) is 97.9 Å². The minimum absolute atomic E-state index is 0.166. The summed E-state index contributed by atoms with van der Waals surface area (Å²) in [6.45, 7) is 1.96. The zero-order valence-corrected chi connectivity index (χ0v) is 19.2. The predicted molar refractivity (Wildman–Crippen MR) is 132 cm³/mol. The number of amides is 2. The Labute approximate surface area is 205 Å². The molecule has 180 valence electrons. The number of rotatable bonds is 5. The van der Waals surface area contributed by atoms with Crippen molar-refractivity contribution in [2.45, 2.75) is 13.0 Å². The number of halogens is 1. The van der Waals surface area contributed by atoms with Gasteiger partial charge in [0.15, 0.2) is 5.69 Å². The average Bonchev–Trinajstić information content (AvgIpc) is 3.53. The first kappa shape index (κ1) is 22.2. The molecule has 6 rings (SSSR count). The maximum atomic E-state index is 14.0. The summed E-state index contributed by atoms with van der Waals surface area (Å²) in [6, 6.07) is 11.5. The van der Waals surface area contributed by atoms with Crippen molar-refractivity contribution < 1.29 is 18.7 Å². The first-order chi connectivity index (χ1) is 17.6. The van der Waals surface area contributed by atoms with Crippen molar-refractivity contribution in [3.8, 4) is 0 Å². The van der Waals surface area contributed by atoms with E-state index in [1.54, 1.807) is 29.0 Å². The number of hydrogen-bond donors (Lipinski definition) is 1. The highest BCUT2D eigenvalue weighted by Crippen LogP contribution is 2.34.